The van der Waals surface area contributed by atoms with Crippen molar-refractivity contribution < 1.29 is 14.3 Å². The van der Waals surface area contributed by atoms with E-state index in [0.29, 0.717) is 5.69 Å². The third-order valence-corrected chi connectivity index (χ3v) is 2.11. The van der Waals surface area contributed by atoms with Crippen molar-refractivity contribution in [1.29, 1.82) is 0 Å². The second-order valence-electron chi connectivity index (χ2n) is 3.46. The van der Waals surface area contributed by atoms with Gasteiger partial charge < -0.3 is 9.67 Å². The molecule has 0 aliphatic heterocycles. The van der Waals surface area contributed by atoms with E-state index in [9.17, 15) is 9.18 Å². The predicted molar refractivity (Wildman–Crippen MR) is 51.5 cm³/mol. The van der Waals surface area contributed by atoms with Crippen LogP contribution >= 0.6 is 0 Å². The van der Waals surface area contributed by atoms with E-state index in [1.165, 1.54) is 6.07 Å². The van der Waals surface area contributed by atoms with Crippen molar-refractivity contribution in [3.05, 3.63) is 23.5 Å². The maximum absolute atomic E-state index is 12.2. The van der Waals surface area contributed by atoms with Crippen LogP contribution in [0.1, 0.15) is 35.8 Å². The quantitative estimate of drug-likeness (QED) is 0.808. The first kappa shape index (κ1) is 10.8. The minimum Gasteiger partial charge on any atom is -0.478 e. The van der Waals surface area contributed by atoms with Crippen molar-refractivity contribution in [2.75, 3.05) is 6.67 Å². The van der Waals surface area contributed by atoms with E-state index < -0.39 is 12.6 Å². The highest BCUT2D eigenvalue weighted by atomic mass is 19.1. The highest BCUT2D eigenvalue weighted by Crippen LogP contribution is 2.21. The van der Waals surface area contributed by atoms with Crippen LogP contribution in [0.2, 0.25) is 0 Å². The molecule has 14 heavy (non-hydrogen) atoms. The second kappa shape index (κ2) is 4.26. The average molecular weight is 199 g/mol. The number of aryl methyl sites for hydroxylation is 1. The molecule has 0 bridgehead atoms. The summed E-state index contributed by atoms with van der Waals surface area (Å²) < 4.78 is 13.8. The zero-order valence-electron chi connectivity index (χ0n) is 8.33. The van der Waals surface area contributed by atoms with Gasteiger partial charge in [-0.15, -0.1) is 0 Å². The largest absolute Gasteiger partial charge is 0.478 e. The van der Waals surface area contributed by atoms with Gasteiger partial charge in [0.25, 0.3) is 0 Å². The number of aromatic carboxylic acids is 1. The maximum atomic E-state index is 12.2. The van der Waals surface area contributed by atoms with Crippen LogP contribution < -0.4 is 0 Å². The first-order chi connectivity index (χ1) is 6.57. The lowest BCUT2D eigenvalue weighted by molar-refractivity contribution is 0.0695. The van der Waals surface area contributed by atoms with Crippen molar-refractivity contribution >= 4 is 5.97 Å². The zero-order valence-corrected chi connectivity index (χ0v) is 8.33. The molecule has 0 atom stereocenters. The van der Waals surface area contributed by atoms with Crippen LogP contribution in [0.3, 0.4) is 0 Å². The number of aromatic nitrogens is 1. The molecule has 0 fully saturated rings. The summed E-state index contributed by atoms with van der Waals surface area (Å²) in [6, 6.07) is 1.52. The van der Waals surface area contributed by atoms with Gasteiger partial charge in [-0.25, -0.2) is 9.18 Å². The minimum atomic E-state index is -0.952. The Labute approximate surface area is 82.2 Å². The molecule has 1 heterocycles. The molecule has 0 radical (unpaired) electrons. The summed E-state index contributed by atoms with van der Waals surface area (Å²) in [7, 11) is 0. The third-order valence-electron chi connectivity index (χ3n) is 2.11. The smallest absolute Gasteiger partial charge is 0.337 e. The van der Waals surface area contributed by atoms with Crippen molar-refractivity contribution in [3.8, 4) is 0 Å². The number of halogens is 1. The Balaban J connectivity index is 3.13. The van der Waals surface area contributed by atoms with E-state index in [1.54, 1.807) is 10.8 Å². The van der Waals surface area contributed by atoms with Crippen molar-refractivity contribution in [2.45, 2.75) is 26.3 Å². The number of carbonyl (C=O) groups is 1. The molecule has 0 saturated carbocycles. The zero-order chi connectivity index (χ0) is 10.7. The van der Waals surface area contributed by atoms with E-state index in [4.69, 9.17) is 5.11 Å². The van der Waals surface area contributed by atoms with Crippen molar-refractivity contribution in [2.24, 2.45) is 0 Å². The van der Waals surface area contributed by atoms with Gasteiger partial charge in [-0.1, -0.05) is 13.8 Å². The molecule has 0 aliphatic rings. The van der Waals surface area contributed by atoms with E-state index in [1.807, 2.05) is 13.8 Å². The number of carboxylic acid groups (broad SMARTS) is 1. The van der Waals surface area contributed by atoms with Gasteiger partial charge in [-0.2, -0.15) is 0 Å². The van der Waals surface area contributed by atoms with Crippen LogP contribution in [0.15, 0.2) is 12.3 Å². The van der Waals surface area contributed by atoms with Gasteiger partial charge in [0.2, 0.25) is 0 Å². The fourth-order valence-electron chi connectivity index (χ4n) is 1.59. The van der Waals surface area contributed by atoms with Gasteiger partial charge in [0, 0.05) is 11.9 Å². The van der Waals surface area contributed by atoms with Crippen molar-refractivity contribution in [3.63, 3.8) is 0 Å². The molecule has 3 nitrogen and oxygen atoms in total. The lowest BCUT2D eigenvalue weighted by Crippen LogP contribution is -2.09. The number of alkyl halides is 1. The Morgan fingerprint density at radius 1 is 1.64 bits per heavy atom. The molecule has 1 rings (SSSR count). The lowest BCUT2D eigenvalue weighted by atomic mass is 10.1. The summed E-state index contributed by atoms with van der Waals surface area (Å²) in [4.78, 5) is 10.8. The number of rotatable bonds is 4. The van der Waals surface area contributed by atoms with Gasteiger partial charge >= 0.3 is 5.97 Å². The van der Waals surface area contributed by atoms with Gasteiger partial charge in [0.05, 0.1) is 12.1 Å². The highest BCUT2D eigenvalue weighted by Gasteiger charge is 2.17. The number of nitrogens with zero attached hydrogens (tertiary/aromatic N) is 1. The fourth-order valence-corrected chi connectivity index (χ4v) is 1.59. The number of carboxylic acids is 1. The summed E-state index contributed by atoms with van der Waals surface area (Å²) in [6.45, 7) is 3.54. The summed E-state index contributed by atoms with van der Waals surface area (Å²) in [5.74, 6) is -0.867. The lowest BCUT2D eigenvalue weighted by Gasteiger charge is -2.11. The van der Waals surface area contributed by atoms with Crippen molar-refractivity contribution in [1.82, 2.24) is 4.57 Å². The van der Waals surface area contributed by atoms with E-state index in [0.717, 1.165) is 0 Å². The van der Waals surface area contributed by atoms with Crippen LogP contribution in [0, 0.1) is 0 Å². The van der Waals surface area contributed by atoms with E-state index >= 15 is 0 Å². The monoisotopic (exact) mass is 199 g/mol. The Kier molecular flexibility index (Phi) is 3.28. The minimum absolute atomic E-state index is 0.0858. The van der Waals surface area contributed by atoms with Gasteiger partial charge in [0.15, 0.2) is 0 Å². The second-order valence-corrected chi connectivity index (χ2v) is 3.46. The molecular weight excluding hydrogens is 185 g/mol. The Morgan fingerprint density at radius 3 is 2.71 bits per heavy atom. The number of hydrogen-bond donors (Lipinski definition) is 1. The molecular formula is C10H14FNO2. The predicted octanol–water partition coefficient (Wildman–Crippen LogP) is 2.28. The Morgan fingerprint density at radius 2 is 2.29 bits per heavy atom. The summed E-state index contributed by atoms with van der Waals surface area (Å²) in [5.41, 5.74) is 0.962. The third kappa shape index (κ3) is 1.95. The molecule has 1 aromatic heterocycles. The van der Waals surface area contributed by atoms with Crippen LogP contribution in [0.5, 0.6) is 0 Å². The molecule has 0 unspecified atom stereocenters. The molecule has 0 saturated heterocycles. The molecule has 1 aromatic rings. The fraction of sp³-hybridized carbons (Fsp3) is 0.500. The molecule has 78 valence electrons. The molecule has 1 N–H and O–H groups in total. The van der Waals surface area contributed by atoms with Crippen LogP contribution in [0.4, 0.5) is 4.39 Å². The summed E-state index contributed by atoms with van der Waals surface area (Å²) in [6.07, 6.45) is 1.62. The number of hydrogen-bond acceptors (Lipinski definition) is 1. The Bertz CT molecular complexity index is 331. The standard InChI is InChI=1S/C10H14FNO2/c1-7(2)9-8(10(13)14)3-5-12(9)6-4-11/h3,5,7H,4,6H2,1-2H3,(H,13,14). The van der Waals surface area contributed by atoms with Crippen LogP contribution in [0.25, 0.3) is 0 Å². The molecule has 0 spiro atoms. The molecule has 0 aromatic carbocycles. The van der Waals surface area contributed by atoms with Gasteiger partial charge in [-0.05, 0) is 12.0 Å². The first-order valence-corrected chi connectivity index (χ1v) is 4.56. The maximum Gasteiger partial charge on any atom is 0.337 e. The Hall–Kier alpha value is -1.32. The molecule has 0 amide bonds. The highest BCUT2D eigenvalue weighted by molar-refractivity contribution is 5.89. The summed E-state index contributed by atoms with van der Waals surface area (Å²) >= 11 is 0. The van der Waals surface area contributed by atoms with E-state index in [2.05, 4.69) is 0 Å². The molecule has 0 aliphatic carbocycles. The van der Waals surface area contributed by atoms with Gasteiger partial charge in [-0.3, -0.25) is 0 Å². The average Bonchev–Trinajstić information content (AvgIpc) is 2.48. The van der Waals surface area contributed by atoms with Crippen LogP contribution in [-0.4, -0.2) is 22.3 Å². The first-order valence-electron chi connectivity index (χ1n) is 4.56. The van der Waals surface area contributed by atoms with E-state index in [-0.39, 0.29) is 18.0 Å². The topological polar surface area (TPSA) is 42.2 Å². The SMILES string of the molecule is CC(C)c1c(C(=O)O)ccn1CCF. The van der Waals surface area contributed by atoms with Gasteiger partial charge in [0.1, 0.15) is 6.67 Å². The summed E-state index contributed by atoms with van der Waals surface area (Å²) in [5, 5.41) is 8.89. The molecule has 4 heteroatoms. The normalized spacial score (nSPS) is 10.9. The van der Waals surface area contributed by atoms with Crippen LogP contribution in [-0.2, 0) is 6.54 Å².